The molecule has 0 saturated carbocycles. The van der Waals surface area contributed by atoms with E-state index in [1.165, 1.54) is 0 Å². The maximum absolute atomic E-state index is 15.2. The molecule has 7 atom stereocenters. The van der Waals surface area contributed by atoms with Gasteiger partial charge in [0.15, 0.2) is 23.8 Å². The highest BCUT2D eigenvalue weighted by Gasteiger charge is 2.34. The van der Waals surface area contributed by atoms with E-state index in [1.807, 2.05) is 109 Å². The van der Waals surface area contributed by atoms with Gasteiger partial charge in [-0.25, -0.2) is 4.79 Å². The summed E-state index contributed by atoms with van der Waals surface area (Å²) in [5.74, 6) is -6.86. The lowest BCUT2D eigenvalue weighted by Crippen LogP contribution is -2.60. The standard InChI is InChI=1S/C63H83N19O8/c64-46(17-7-27-73-60(65)66)53(83)77-47(18-8-28-74-61(67)68)55(85)80-51(35-38-22-25-41-12-2-5-15-44(41)32-38)58(88)81-50(34-37-21-24-40-11-1-4-14-43(40)31-37)57(87)79-48(19-9-29-75-62(69)70)54(84)78-49(20-10-30-76-63(71)72)56(86)82-52(59(89)90)36-39-23-26-42-13-3-6-16-45(42)33-39/h1-6,11-16,21-26,31-33,46-52H,7-10,17-20,27-30,34-36,64H2,(H,77,83)(H,78,84)(H,79,87)(H,80,85)(H,81,88)(H,82,86)(H,89,90)(H4,65,66,73)(H4,67,68,74)(H4,69,70,75)(H4,71,72,76)/t46-,47-,48-,49-,50-,51-,52-/m0/s1. The summed E-state index contributed by atoms with van der Waals surface area (Å²) in [4.78, 5) is 117. The fourth-order valence-electron chi connectivity index (χ4n) is 10.0. The smallest absolute Gasteiger partial charge is 0.326 e. The molecule has 0 aliphatic carbocycles. The largest absolute Gasteiger partial charge is 0.480 e. The normalized spacial score (nSPS) is 13.3. The first-order chi connectivity index (χ1) is 43.1. The van der Waals surface area contributed by atoms with E-state index in [-0.39, 0.29) is 114 Å². The summed E-state index contributed by atoms with van der Waals surface area (Å²) in [7, 11) is 0. The van der Waals surface area contributed by atoms with Crippen molar-refractivity contribution in [3.05, 3.63) is 144 Å². The zero-order valence-electron chi connectivity index (χ0n) is 50.1. The summed E-state index contributed by atoms with van der Waals surface area (Å²) in [5.41, 5.74) is 52.7. The Labute approximate surface area is 520 Å². The first-order valence-electron chi connectivity index (χ1n) is 29.6. The second-order valence-electron chi connectivity index (χ2n) is 21.8. The second-order valence-corrected chi connectivity index (χ2v) is 21.8. The van der Waals surface area contributed by atoms with Crippen LogP contribution in [0, 0.1) is 0 Å². The number of hydrogen-bond acceptors (Lipinski definition) is 12. The maximum atomic E-state index is 15.2. The van der Waals surface area contributed by atoms with Crippen LogP contribution in [0.15, 0.2) is 147 Å². The summed E-state index contributed by atoms with van der Waals surface area (Å²) in [6.45, 7) is 0.368. The minimum atomic E-state index is -1.46. The van der Waals surface area contributed by atoms with Crippen LogP contribution in [0.25, 0.3) is 32.3 Å². The molecule has 0 heterocycles. The number of carboxylic acids is 1. The van der Waals surface area contributed by atoms with Crippen molar-refractivity contribution in [3.63, 3.8) is 0 Å². The molecule has 90 heavy (non-hydrogen) atoms. The average molecular weight is 1230 g/mol. The van der Waals surface area contributed by atoms with Crippen molar-refractivity contribution in [2.24, 2.45) is 71.6 Å². The quantitative estimate of drug-likeness (QED) is 0.0138. The lowest BCUT2D eigenvalue weighted by atomic mass is 9.98. The number of fused-ring (bicyclic) bond motifs is 3. The number of benzene rings is 6. The van der Waals surface area contributed by atoms with Crippen molar-refractivity contribution in [2.45, 2.75) is 113 Å². The van der Waals surface area contributed by atoms with E-state index < -0.39 is 83.7 Å². The number of nitrogens with zero attached hydrogens (tertiary/aromatic N) is 4. The van der Waals surface area contributed by atoms with Gasteiger partial charge in [0.1, 0.15) is 36.3 Å². The maximum Gasteiger partial charge on any atom is 0.326 e. The Morgan fingerprint density at radius 1 is 0.333 bits per heavy atom. The molecule has 25 N–H and O–H groups in total. The van der Waals surface area contributed by atoms with Gasteiger partial charge >= 0.3 is 5.97 Å². The third-order valence-corrected chi connectivity index (χ3v) is 14.7. The molecule has 0 bridgehead atoms. The average Bonchev–Trinajstić information content (AvgIpc) is 1.18. The molecule has 478 valence electrons. The predicted octanol–water partition coefficient (Wildman–Crippen LogP) is -0.291. The van der Waals surface area contributed by atoms with Crippen LogP contribution in [0.1, 0.15) is 68.1 Å². The number of aliphatic carboxylic acids is 1. The van der Waals surface area contributed by atoms with E-state index in [0.29, 0.717) is 23.1 Å². The molecule has 0 aliphatic rings. The van der Waals surface area contributed by atoms with Gasteiger partial charge in [0.05, 0.1) is 6.04 Å². The van der Waals surface area contributed by atoms with Crippen LogP contribution in [-0.2, 0) is 52.8 Å². The number of rotatable bonds is 35. The summed E-state index contributed by atoms with van der Waals surface area (Å²) in [6, 6.07) is 29.6. The fraction of sp³-hybridized carbons (Fsp3) is 0.349. The van der Waals surface area contributed by atoms with Gasteiger partial charge in [-0.2, -0.15) is 0 Å². The van der Waals surface area contributed by atoms with Crippen molar-refractivity contribution in [1.82, 2.24) is 31.9 Å². The summed E-state index contributed by atoms with van der Waals surface area (Å²) in [6.07, 6.45) is 0.459. The number of guanidine groups is 4. The Hall–Kier alpha value is -10.6. The summed E-state index contributed by atoms with van der Waals surface area (Å²) in [5, 5.41) is 32.3. The van der Waals surface area contributed by atoms with E-state index in [4.69, 9.17) is 51.6 Å². The highest BCUT2D eigenvalue weighted by atomic mass is 16.4. The van der Waals surface area contributed by atoms with Gasteiger partial charge in [-0.15, -0.1) is 0 Å². The lowest BCUT2D eigenvalue weighted by Gasteiger charge is -2.28. The minimum absolute atomic E-state index is 0.00324. The minimum Gasteiger partial charge on any atom is -0.480 e. The SMILES string of the molecule is NC(N)=NCCC[C@H](NC(=O)[C@H](CCCN=C(N)N)NC(=O)[C@H](Cc1ccc2ccccc2c1)NC(=O)[C@H](Cc1ccc2ccccc2c1)NC(=O)[C@H](CCCN=C(N)N)NC(=O)[C@@H](N)CCCN=C(N)N)C(=O)N[C@@H](Cc1ccc2ccccc2c1)C(=O)O. The van der Waals surface area contributed by atoms with Crippen LogP contribution >= 0.6 is 0 Å². The van der Waals surface area contributed by atoms with Crippen molar-refractivity contribution >= 4 is 97.6 Å². The number of amides is 6. The van der Waals surface area contributed by atoms with Gasteiger partial charge < -0.3 is 88.6 Å². The number of aliphatic imine (C=N–C) groups is 4. The molecule has 6 amide bonds. The molecule has 27 heteroatoms. The number of hydrogen-bond donors (Lipinski definition) is 16. The van der Waals surface area contributed by atoms with Crippen LogP contribution in [-0.4, -0.2) is 139 Å². The van der Waals surface area contributed by atoms with Crippen LogP contribution in [0.3, 0.4) is 0 Å². The molecule has 0 fully saturated rings. The van der Waals surface area contributed by atoms with E-state index in [0.717, 1.165) is 32.3 Å². The molecular formula is C63H83N19O8. The van der Waals surface area contributed by atoms with Gasteiger partial charge in [-0.1, -0.05) is 127 Å². The second kappa shape index (κ2) is 34.7. The van der Waals surface area contributed by atoms with Gasteiger partial charge in [-0.05, 0) is 100 Å². The Bertz CT molecular complexity index is 3580. The van der Waals surface area contributed by atoms with Gasteiger partial charge in [0, 0.05) is 45.4 Å². The Morgan fingerprint density at radius 2 is 0.589 bits per heavy atom. The first-order valence-corrected chi connectivity index (χ1v) is 29.6. The van der Waals surface area contributed by atoms with E-state index in [1.54, 1.807) is 18.2 Å². The molecule has 6 aromatic rings. The first kappa shape index (κ1) is 68.5. The van der Waals surface area contributed by atoms with Crippen LogP contribution < -0.4 is 83.5 Å². The highest BCUT2D eigenvalue weighted by molar-refractivity contribution is 5.98. The van der Waals surface area contributed by atoms with Crippen molar-refractivity contribution in [3.8, 4) is 0 Å². The van der Waals surface area contributed by atoms with E-state index in [2.05, 4.69) is 51.9 Å². The van der Waals surface area contributed by atoms with Crippen molar-refractivity contribution in [2.75, 3.05) is 26.2 Å². The predicted molar refractivity (Wildman–Crippen MR) is 350 cm³/mol. The Kier molecular flexibility index (Phi) is 26.4. The van der Waals surface area contributed by atoms with Gasteiger partial charge in [0.25, 0.3) is 0 Å². The van der Waals surface area contributed by atoms with Crippen molar-refractivity contribution in [1.29, 1.82) is 0 Å². The monoisotopic (exact) mass is 1230 g/mol. The molecule has 0 aliphatic heterocycles. The fourth-order valence-corrected chi connectivity index (χ4v) is 10.0. The topological polar surface area (TPSA) is 496 Å². The molecule has 0 saturated heterocycles. The molecule has 27 nitrogen and oxygen atoms in total. The van der Waals surface area contributed by atoms with Gasteiger partial charge in [0.2, 0.25) is 35.4 Å². The summed E-state index contributed by atoms with van der Waals surface area (Å²) < 4.78 is 0. The Morgan fingerprint density at radius 3 is 0.900 bits per heavy atom. The zero-order chi connectivity index (χ0) is 65.1. The number of carbonyl (C=O) groups is 7. The molecule has 0 unspecified atom stereocenters. The summed E-state index contributed by atoms with van der Waals surface area (Å²) >= 11 is 0. The third-order valence-electron chi connectivity index (χ3n) is 14.7. The Balaban J connectivity index is 1.33. The highest BCUT2D eigenvalue weighted by Crippen LogP contribution is 2.21. The lowest BCUT2D eigenvalue weighted by molar-refractivity contribution is -0.142. The van der Waals surface area contributed by atoms with Gasteiger partial charge in [-0.3, -0.25) is 48.7 Å². The number of carboxylic acid groups (broad SMARTS) is 1. The van der Waals surface area contributed by atoms with Crippen molar-refractivity contribution < 1.29 is 38.7 Å². The van der Waals surface area contributed by atoms with Crippen LogP contribution in [0.2, 0.25) is 0 Å². The van der Waals surface area contributed by atoms with Crippen LogP contribution in [0.4, 0.5) is 0 Å². The molecule has 0 spiro atoms. The van der Waals surface area contributed by atoms with E-state index in [9.17, 15) is 29.1 Å². The zero-order valence-corrected chi connectivity index (χ0v) is 50.1. The number of nitrogens with two attached hydrogens (primary N) is 9. The number of nitrogens with one attached hydrogen (secondary N) is 6. The molecule has 0 radical (unpaired) electrons. The van der Waals surface area contributed by atoms with Crippen LogP contribution in [0.5, 0.6) is 0 Å². The van der Waals surface area contributed by atoms with E-state index >= 15 is 9.59 Å². The molecular weight excluding hydrogens is 1150 g/mol. The molecule has 6 rings (SSSR count). The number of carbonyl (C=O) groups excluding carboxylic acids is 6. The molecule has 0 aromatic heterocycles. The molecule has 6 aromatic carbocycles. The third kappa shape index (κ3) is 22.6.